The van der Waals surface area contributed by atoms with Crippen molar-refractivity contribution in [3.8, 4) is 0 Å². The molecule has 0 heterocycles. The van der Waals surface area contributed by atoms with Gasteiger partial charge in [-0.25, -0.2) is 0 Å². The second-order valence-electron chi connectivity index (χ2n) is 2.47. The number of nitrogens with one attached hydrogen (secondary N) is 1. The van der Waals surface area contributed by atoms with Gasteiger partial charge in [0.15, 0.2) is 0 Å². The summed E-state index contributed by atoms with van der Waals surface area (Å²) in [6.07, 6.45) is 4.15. The third-order valence-corrected chi connectivity index (χ3v) is 2.11. The summed E-state index contributed by atoms with van der Waals surface area (Å²) in [6, 6.07) is 0. The van der Waals surface area contributed by atoms with Crippen molar-refractivity contribution in [2.24, 2.45) is 0 Å². The normalized spacial score (nSPS) is 10.3. The van der Waals surface area contributed by atoms with E-state index in [9.17, 15) is 0 Å². The van der Waals surface area contributed by atoms with Gasteiger partial charge in [-0.15, -0.1) is 35.8 Å². The molecule has 0 spiro atoms. The van der Waals surface area contributed by atoms with Crippen LogP contribution in [0.25, 0.3) is 0 Å². The maximum Gasteiger partial charge on any atom is 0.130 e. The average molecular weight is 246 g/mol. The largest absolute Gasteiger partial charge is 0.371 e. The number of thiocarbonyl (C=S) groups is 1. The lowest BCUT2D eigenvalue weighted by molar-refractivity contribution is 0.651. The quantitative estimate of drug-likeness (QED) is 0.323. The SMILES string of the molecule is S=C(S)NCCCCCC(Cl)Cl. The van der Waals surface area contributed by atoms with Gasteiger partial charge in [0.25, 0.3) is 0 Å². The predicted octanol–water partition coefficient (Wildman–Crippen LogP) is 3.15. The van der Waals surface area contributed by atoms with Crippen LogP contribution in [-0.4, -0.2) is 15.7 Å². The maximum atomic E-state index is 5.56. The first-order valence-corrected chi connectivity index (χ1v) is 5.60. The van der Waals surface area contributed by atoms with Gasteiger partial charge in [0.05, 0.1) is 0 Å². The van der Waals surface area contributed by atoms with Gasteiger partial charge in [0.2, 0.25) is 0 Å². The van der Waals surface area contributed by atoms with Crippen molar-refractivity contribution < 1.29 is 0 Å². The molecule has 72 valence electrons. The fraction of sp³-hybridized carbons (Fsp3) is 0.857. The zero-order valence-electron chi connectivity index (χ0n) is 6.72. The van der Waals surface area contributed by atoms with Crippen LogP contribution in [0, 0.1) is 0 Å². The van der Waals surface area contributed by atoms with Gasteiger partial charge in [-0.2, -0.15) is 0 Å². The topological polar surface area (TPSA) is 12.0 Å². The fourth-order valence-corrected chi connectivity index (χ4v) is 1.32. The minimum atomic E-state index is -0.219. The number of unbranched alkanes of at least 4 members (excludes halogenated alkanes) is 2. The number of thiol groups is 1. The first-order chi connectivity index (χ1) is 5.63. The zero-order valence-corrected chi connectivity index (χ0v) is 9.95. The van der Waals surface area contributed by atoms with Gasteiger partial charge < -0.3 is 5.32 Å². The van der Waals surface area contributed by atoms with Crippen molar-refractivity contribution in [1.29, 1.82) is 0 Å². The maximum absolute atomic E-state index is 5.56. The monoisotopic (exact) mass is 245 g/mol. The lowest BCUT2D eigenvalue weighted by Crippen LogP contribution is -2.17. The summed E-state index contributed by atoms with van der Waals surface area (Å²) >= 11 is 19.8. The predicted molar refractivity (Wildman–Crippen MR) is 63.5 cm³/mol. The van der Waals surface area contributed by atoms with Gasteiger partial charge >= 0.3 is 0 Å². The molecule has 0 aromatic carbocycles. The Morgan fingerprint density at radius 1 is 1.33 bits per heavy atom. The fourth-order valence-electron chi connectivity index (χ4n) is 0.796. The van der Waals surface area contributed by atoms with E-state index in [1.807, 2.05) is 0 Å². The molecular formula is C7H13Cl2NS2. The molecule has 0 aromatic heterocycles. The van der Waals surface area contributed by atoms with Gasteiger partial charge in [-0.3, -0.25) is 0 Å². The average Bonchev–Trinajstić information content (AvgIpc) is 1.95. The minimum absolute atomic E-state index is 0.219. The highest BCUT2D eigenvalue weighted by atomic mass is 35.5. The summed E-state index contributed by atoms with van der Waals surface area (Å²) in [5.41, 5.74) is 0. The molecule has 0 saturated carbocycles. The van der Waals surface area contributed by atoms with Crippen LogP contribution in [0.15, 0.2) is 0 Å². The van der Waals surface area contributed by atoms with Crippen LogP contribution in [0.1, 0.15) is 25.7 Å². The molecule has 5 heteroatoms. The molecule has 0 saturated heterocycles. The van der Waals surface area contributed by atoms with Crippen LogP contribution in [0.4, 0.5) is 0 Å². The van der Waals surface area contributed by atoms with Crippen LogP contribution < -0.4 is 5.32 Å². The summed E-state index contributed by atoms with van der Waals surface area (Å²) in [5.74, 6) is 0. The number of rotatable bonds is 6. The van der Waals surface area contributed by atoms with Crippen molar-refractivity contribution in [1.82, 2.24) is 5.32 Å². The summed E-state index contributed by atoms with van der Waals surface area (Å²) in [5, 5.41) is 2.96. The van der Waals surface area contributed by atoms with E-state index in [0.717, 1.165) is 32.2 Å². The Balaban J connectivity index is 2.96. The molecule has 0 aliphatic carbocycles. The molecule has 12 heavy (non-hydrogen) atoms. The van der Waals surface area contributed by atoms with Crippen molar-refractivity contribution in [2.45, 2.75) is 30.5 Å². The van der Waals surface area contributed by atoms with Gasteiger partial charge in [0, 0.05) is 6.54 Å². The van der Waals surface area contributed by atoms with E-state index in [2.05, 4.69) is 17.9 Å². The molecule has 0 bridgehead atoms. The summed E-state index contributed by atoms with van der Waals surface area (Å²) in [7, 11) is 0. The van der Waals surface area contributed by atoms with Crippen LogP contribution in [0.3, 0.4) is 0 Å². The second kappa shape index (κ2) is 8.42. The molecule has 0 aromatic rings. The Kier molecular flexibility index (Phi) is 9.00. The molecule has 0 atom stereocenters. The third kappa shape index (κ3) is 10.8. The number of alkyl halides is 2. The number of hydrogen-bond acceptors (Lipinski definition) is 1. The molecule has 0 aliphatic heterocycles. The van der Waals surface area contributed by atoms with Crippen LogP contribution >= 0.6 is 48.0 Å². The summed E-state index contributed by atoms with van der Waals surface area (Å²) in [4.78, 5) is -0.219. The molecule has 0 fully saturated rings. The molecule has 0 unspecified atom stereocenters. The van der Waals surface area contributed by atoms with Crippen LogP contribution in [-0.2, 0) is 0 Å². The first kappa shape index (κ1) is 12.8. The van der Waals surface area contributed by atoms with Gasteiger partial charge in [0.1, 0.15) is 9.16 Å². The van der Waals surface area contributed by atoms with E-state index < -0.39 is 0 Å². The summed E-state index contributed by atoms with van der Waals surface area (Å²) in [6.45, 7) is 0.886. The lowest BCUT2D eigenvalue weighted by atomic mass is 10.2. The van der Waals surface area contributed by atoms with E-state index in [-0.39, 0.29) is 4.84 Å². The van der Waals surface area contributed by atoms with Gasteiger partial charge in [-0.05, 0) is 12.8 Å². The lowest BCUT2D eigenvalue weighted by Gasteiger charge is -2.03. The van der Waals surface area contributed by atoms with E-state index in [1.54, 1.807) is 0 Å². The van der Waals surface area contributed by atoms with E-state index in [1.165, 1.54) is 0 Å². The van der Waals surface area contributed by atoms with Crippen LogP contribution in [0.2, 0.25) is 0 Å². The number of halogens is 2. The molecule has 0 radical (unpaired) electrons. The number of hydrogen-bond donors (Lipinski definition) is 2. The third-order valence-electron chi connectivity index (χ3n) is 1.38. The highest BCUT2D eigenvalue weighted by Gasteiger charge is 1.97. The first-order valence-electron chi connectivity index (χ1n) is 3.88. The summed E-state index contributed by atoms with van der Waals surface area (Å²) < 4.78 is 0.558. The van der Waals surface area contributed by atoms with Gasteiger partial charge in [-0.1, -0.05) is 25.1 Å². The van der Waals surface area contributed by atoms with Crippen molar-refractivity contribution in [3.05, 3.63) is 0 Å². The van der Waals surface area contributed by atoms with Crippen LogP contribution in [0.5, 0.6) is 0 Å². The van der Waals surface area contributed by atoms with Crippen molar-refractivity contribution >= 4 is 52.4 Å². The van der Waals surface area contributed by atoms with E-state index >= 15 is 0 Å². The smallest absolute Gasteiger partial charge is 0.130 e. The van der Waals surface area contributed by atoms with E-state index in [0.29, 0.717) is 4.32 Å². The zero-order chi connectivity index (χ0) is 9.40. The molecule has 1 nitrogen and oxygen atoms in total. The molecule has 0 amide bonds. The minimum Gasteiger partial charge on any atom is -0.371 e. The van der Waals surface area contributed by atoms with Crippen molar-refractivity contribution in [2.75, 3.05) is 6.54 Å². The Morgan fingerprint density at radius 3 is 2.50 bits per heavy atom. The Labute approximate surface area is 94.6 Å². The molecular weight excluding hydrogens is 233 g/mol. The second-order valence-corrected chi connectivity index (χ2v) is 4.91. The Bertz CT molecular complexity index is 131. The van der Waals surface area contributed by atoms with E-state index in [4.69, 9.17) is 35.4 Å². The highest BCUT2D eigenvalue weighted by Crippen LogP contribution is 2.11. The standard InChI is InChI=1S/C7H13Cl2NS2/c8-6(9)4-2-1-3-5-10-7(11)12/h6H,1-5H2,(H2,10,11,12). The van der Waals surface area contributed by atoms with Crippen molar-refractivity contribution in [3.63, 3.8) is 0 Å². The Morgan fingerprint density at radius 2 is 2.00 bits per heavy atom. The molecule has 1 N–H and O–H groups in total. The molecule has 0 aliphatic rings. The molecule has 0 rings (SSSR count). The highest BCUT2D eigenvalue weighted by molar-refractivity contribution is 8.11. The Hall–Kier alpha value is 0.820.